The van der Waals surface area contributed by atoms with E-state index in [9.17, 15) is 4.79 Å². The number of nitrogens with zero attached hydrogens (tertiary/aromatic N) is 5. The van der Waals surface area contributed by atoms with E-state index in [1.807, 2.05) is 7.05 Å². The van der Waals surface area contributed by atoms with E-state index in [0.29, 0.717) is 30.2 Å². The molecule has 1 amide bonds. The van der Waals surface area contributed by atoms with Crippen LogP contribution in [0.4, 0.5) is 0 Å². The number of guanidine groups is 1. The Bertz CT molecular complexity index is 583. The van der Waals surface area contributed by atoms with E-state index in [0.717, 1.165) is 84.6 Å². The third-order valence-corrected chi connectivity index (χ3v) is 6.75. The highest BCUT2D eigenvalue weighted by atomic mass is 127. The number of rotatable bonds is 6. The van der Waals surface area contributed by atoms with E-state index in [-0.39, 0.29) is 24.0 Å². The Kier molecular flexibility index (Phi) is 12.0. The highest BCUT2D eigenvalue weighted by Gasteiger charge is 2.28. The van der Waals surface area contributed by atoms with Gasteiger partial charge in [0.15, 0.2) is 5.96 Å². The number of likely N-dealkylation sites (tertiary alicyclic amines) is 1. The number of morpholine rings is 1. The Morgan fingerprint density at radius 1 is 1.00 bits per heavy atom. The molecule has 1 N–H and O–H groups in total. The fraction of sp³-hybridized carbons (Fsp3) is 0.913. The van der Waals surface area contributed by atoms with Gasteiger partial charge in [-0.25, -0.2) is 0 Å². The number of hydrogen-bond donors (Lipinski definition) is 1. The van der Waals surface area contributed by atoms with Gasteiger partial charge in [0, 0.05) is 72.5 Å². The average molecular weight is 565 g/mol. The van der Waals surface area contributed by atoms with Crippen molar-refractivity contribution in [2.24, 2.45) is 22.7 Å². The summed E-state index contributed by atoms with van der Waals surface area (Å²) in [6.07, 6.45) is 1.24. The Morgan fingerprint density at radius 3 is 2.22 bits per heavy atom. The molecule has 0 saturated carbocycles. The van der Waals surface area contributed by atoms with Crippen molar-refractivity contribution in [3.63, 3.8) is 0 Å². The molecule has 8 nitrogen and oxygen atoms in total. The smallest absolute Gasteiger partial charge is 0.236 e. The molecule has 3 saturated heterocycles. The highest BCUT2D eigenvalue weighted by Crippen LogP contribution is 2.21. The number of ether oxygens (including phenoxy) is 1. The lowest BCUT2D eigenvalue weighted by molar-refractivity contribution is -0.135. The first kappa shape index (κ1) is 27.6. The van der Waals surface area contributed by atoms with Crippen LogP contribution in [0.25, 0.3) is 0 Å². The summed E-state index contributed by atoms with van der Waals surface area (Å²) in [5.41, 5.74) is 0. The van der Waals surface area contributed by atoms with Crippen molar-refractivity contribution < 1.29 is 9.53 Å². The molecule has 3 fully saturated rings. The zero-order chi connectivity index (χ0) is 22.2. The van der Waals surface area contributed by atoms with E-state index >= 15 is 0 Å². The van der Waals surface area contributed by atoms with E-state index in [1.165, 1.54) is 6.42 Å². The van der Waals surface area contributed by atoms with Gasteiger partial charge in [-0.1, -0.05) is 20.8 Å². The van der Waals surface area contributed by atoms with E-state index < -0.39 is 0 Å². The molecule has 3 unspecified atom stereocenters. The Balaban J connectivity index is 0.00000363. The molecular weight excluding hydrogens is 519 g/mol. The molecule has 32 heavy (non-hydrogen) atoms. The topological polar surface area (TPSA) is 63.7 Å². The van der Waals surface area contributed by atoms with Gasteiger partial charge in [0.1, 0.15) is 0 Å². The molecule has 0 aliphatic carbocycles. The SMILES string of the molecule is CN=C(NCC(C)CN1CCOCC1)N1CCN(CC(=O)N2CC(C)CC(C)C2)CC1.I. The quantitative estimate of drug-likeness (QED) is 0.298. The Hall–Kier alpha value is -0.650. The summed E-state index contributed by atoms with van der Waals surface area (Å²) in [5, 5.41) is 3.57. The minimum atomic E-state index is 0. The number of aliphatic imine (C=N–C) groups is 1. The van der Waals surface area contributed by atoms with Gasteiger partial charge in [-0.3, -0.25) is 19.6 Å². The van der Waals surface area contributed by atoms with Crippen molar-refractivity contribution in [1.82, 2.24) is 24.9 Å². The van der Waals surface area contributed by atoms with Crippen molar-refractivity contribution in [2.75, 3.05) is 92.3 Å². The normalized spacial score (nSPS) is 27.1. The Labute approximate surface area is 212 Å². The molecule has 3 atom stereocenters. The predicted octanol–water partition coefficient (Wildman–Crippen LogP) is 1.27. The van der Waals surface area contributed by atoms with Crippen LogP contribution in [0.1, 0.15) is 27.2 Å². The second-order valence-corrected chi connectivity index (χ2v) is 9.95. The summed E-state index contributed by atoms with van der Waals surface area (Å²) in [6, 6.07) is 0. The molecule has 3 heterocycles. The van der Waals surface area contributed by atoms with Gasteiger partial charge in [-0.05, 0) is 24.2 Å². The monoisotopic (exact) mass is 564 g/mol. The third-order valence-electron chi connectivity index (χ3n) is 6.75. The number of piperazine rings is 1. The maximum absolute atomic E-state index is 12.8. The van der Waals surface area contributed by atoms with Crippen molar-refractivity contribution in [1.29, 1.82) is 0 Å². The van der Waals surface area contributed by atoms with Gasteiger partial charge in [0.2, 0.25) is 5.91 Å². The molecule has 0 aromatic carbocycles. The summed E-state index contributed by atoms with van der Waals surface area (Å²) in [4.78, 5) is 26.5. The van der Waals surface area contributed by atoms with Crippen molar-refractivity contribution in [3.05, 3.63) is 0 Å². The average Bonchev–Trinajstić information content (AvgIpc) is 2.75. The van der Waals surface area contributed by atoms with Crippen LogP contribution in [0, 0.1) is 17.8 Å². The van der Waals surface area contributed by atoms with Gasteiger partial charge in [0.25, 0.3) is 0 Å². The maximum Gasteiger partial charge on any atom is 0.236 e. The summed E-state index contributed by atoms with van der Waals surface area (Å²) in [7, 11) is 1.86. The van der Waals surface area contributed by atoms with Gasteiger partial charge in [-0.15, -0.1) is 24.0 Å². The van der Waals surface area contributed by atoms with Crippen LogP contribution in [0.2, 0.25) is 0 Å². The second kappa shape index (κ2) is 13.9. The highest BCUT2D eigenvalue weighted by molar-refractivity contribution is 14.0. The molecule has 0 radical (unpaired) electrons. The lowest BCUT2D eigenvalue weighted by atomic mass is 9.92. The molecule has 0 bridgehead atoms. The minimum Gasteiger partial charge on any atom is -0.379 e. The number of halogens is 1. The number of carbonyl (C=O) groups is 1. The molecule has 0 aromatic rings. The summed E-state index contributed by atoms with van der Waals surface area (Å²) in [6.45, 7) is 18.6. The van der Waals surface area contributed by atoms with Crippen LogP contribution in [0.15, 0.2) is 4.99 Å². The number of nitrogens with one attached hydrogen (secondary N) is 1. The minimum absolute atomic E-state index is 0. The van der Waals surface area contributed by atoms with Crippen LogP contribution in [0.3, 0.4) is 0 Å². The van der Waals surface area contributed by atoms with Gasteiger partial charge in [0.05, 0.1) is 19.8 Å². The van der Waals surface area contributed by atoms with E-state index in [2.05, 4.69) is 50.7 Å². The lowest BCUT2D eigenvalue weighted by Crippen LogP contribution is -2.55. The molecular formula is C23H45IN6O2. The number of piperidine rings is 1. The summed E-state index contributed by atoms with van der Waals surface area (Å²) < 4.78 is 5.44. The largest absolute Gasteiger partial charge is 0.379 e. The van der Waals surface area contributed by atoms with Crippen molar-refractivity contribution in [3.8, 4) is 0 Å². The van der Waals surface area contributed by atoms with Crippen molar-refractivity contribution in [2.45, 2.75) is 27.2 Å². The molecule has 9 heteroatoms. The predicted molar refractivity (Wildman–Crippen MR) is 141 cm³/mol. The van der Waals surface area contributed by atoms with Crippen LogP contribution in [-0.2, 0) is 9.53 Å². The van der Waals surface area contributed by atoms with E-state index in [4.69, 9.17) is 4.74 Å². The van der Waals surface area contributed by atoms with Gasteiger partial charge < -0.3 is 19.9 Å². The zero-order valence-corrected chi connectivity index (χ0v) is 22.9. The summed E-state index contributed by atoms with van der Waals surface area (Å²) in [5.74, 6) is 3.07. The number of hydrogen-bond acceptors (Lipinski definition) is 5. The molecule has 3 aliphatic heterocycles. The Morgan fingerprint density at radius 2 is 1.62 bits per heavy atom. The van der Waals surface area contributed by atoms with Crippen LogP contribution >= 0.6 is 24.0 Å². The van der Waals surface area contributed by atoms with Crippen LogP contribution in [-0.4, -0.2) is 124 Å². The van der Waals surface area contributed by atoms with Crippen molar-refractivity contribution >= 4 is 35.8 Å². The van der Waals surface area contributed by atoms with Crippen LogP contribution < -0.4 is 5.32 Å². The molecule has 3 aliphatic rings. The number of carbonyl (C=O) groups excluding carboxylic acids is 1. The zero-order valence-electron chi connectivity index (χ0n) is 20.6. The molecule has 186 valence electrons. The number of amides is 1. The first-order chi connectivity index (χ1) is 14.9. The lowest BCUT2D eigenvalue weighted by Gasteiger charge is -2.39. The van der Waals surface area contributed by atoms with Gasteiger partial charge >= 0.3 is 0 Å². The van der Waals surface area contributed by atoms with E-state index in [1.54, 1.807) is 0 Å². The molecule has 0 aromatic heterocycles. The fourth-order valence-electron chi connectivity index (χ4n) is 5.16. The molecule has 3 rings (SSSR count). The van der Waals surface area contributed by atoms with Gasteiger partial charge in [-0.2, -0.15) is 0 Å². The first-order valence-corrected chi connectivity index (χ1v) is 12.2. The third kappa shape index (κ3) is 8.61. The first-order valence-electron chi connectivity index (χ1n) is 12.2. The standard InChI is InChI=1S/C23H44N6O2.HI/c1-19-13-20(2)17-29(16-19)22(30)18-26-5-7-28(8-6-26)23(24-4)25-14-21(3)15-27-9-11-31-12-10-27;/h19-21H,5-18H2,1-4H3,(H,24,25);1H. The maximum atomic E-state index is 12.8. The van der Waals surface area contributed by atoms with Crippen LogP contribution in [0.5, 0.6) is 0 Å². The molecule has 0 spiro atoms. The fourth-order valence-corrected chi connectivity index (χ4v) is 5.16. The second-order valence-electron chi connectivity index (χ2n) is 9.95. The summed E-state index contributed by atoms with van der Waals surface area (Å²) >= 11 is 0.